The van der Waals surface area contributed by atoms with Gasteiger partial charge in [0.1, 0.15) is 28.0 Å². The second-order valence-electron chi connectivity index (χ2n) is 9.75. The predicted octanol–water partition coefficient (Wildman–Crippen LogP) is 3.16. The van der Waals surface area contributed by atoms with Gasteiger partial charge in [-0.05, 0) is 45.9 Å². The van der Waals surface area contributed by atoms with Crippen molar-refractivity contribution in [3.8, 4) is 11.8 Å². The maximum Gasteiger partial charge on any atom is 0.348 e. The minimum Gasteiger partial charge on any atom is -0.496 e. The number of aliphatic hydroxyl groups excluding tert-OH is 2. The number of ether oxygens (including phenoxy) is 3. The van der Waals surface area contributed by atoms with Gasteiger partial charge < -0.3 is 29.3 Å². The molecule has 0 bridgehead atoms. The number of carbonyl (C=O) groups is 2. The lowest BCUT2D eigenvalue weighted by Crippen LogP contribution is -2.68. The van der Waals surface area contributed by atoms with Crippen molar-refractivity contribution in [2.75, 3.05) is 38.3 Å². The standard InChI is InChI=1S/C28H38N4O7S/c1-7-30-26(35)28(4,5)32-23(33)21-17(3)22(25(34)38-8-2)40-24(21)31(27(32)36)16-20(39-15-11-14-29)18-12-9-10-13-19(18)37-6/h9-10,12-13,20,26-27,30,35-36H,7-8,11,15-16H2,1-6H3/t20-,26?,27?/m0/s1. The van der Waals surface area contributed by atoms with Crippen LogP contribution in [-0.2, 0) is 9.47 Å². The number of esters is 1. The van der Waals surface area contributed by atoms with Gasteiger partial charge in [0, 0.05) is 5.56 Å². The molecule has 3 atom stereocenters. The number of nitriles is 1. The second kappa shape index (κ2) is 13.4. The van der Waals surface area contributed by atoms with Gasteiger partial charge in [0.25, 0.3) is 5.91 Å². The summed E-state index contributed by atoms with van der Waals surface area (Å²) in [6.07, 6.45) is -3.22. The normalized spacial score (nSPS) is 16.8. The molecule has 1 amide bonds. The highest BCUT2D eigenvalue weighted by atomic mass is 32.1. The number of benzene rings is 1. The molecule has 218 valence electrons. The smallest absolute Gasteiger partial charge is 0.348 e. The van der Waals surface area contributed by atoms with Crippen LogP contribution in [0.3, 0.4) is 0 Å². The Balaban J connectivity index is 2.18. The summed E-state index contributed by atoms with van der Waals surface area (Å²) in [7, 11) is 1.54. The van der Waals surface area contributed by atoms with Crippen molar-refractivity contribution >= 4 is 28.2 Å². The van der Waals surface area contributed by atoms with Crippen molar-refractivity contribution in [1.29, 1.82) is 5.26 Å². The first-order valence-corrected chi connectivity index (χ1v) is 14.0. The van der Waals surface area contributed by atoms with Gasteiger partial charge in [-0.15, -0.1) is 11.3 Å². The van der Waals surface area contributed by atoms with Crippen molar-refractivity contribution in [3.05, 3.63) is 45.8 Å². The van der Waals surface area contributed by atoms with Crippen molar-refractivity contribution in [1.82, 2.24) is 10.2 Å². The number of aliphatic hydroxyl groups is 2. The van der Waals surface area contributed by atoms with E-state index in [2.05, 4.69) is 11.4 Å². The van der Waals surface area contributed by atoms with E-state index in [1.807, 2.05) is 25.1 Å². The van der Waals surface area contributed by atoms with Crippen LogP contribution in [-0.4, -0.2) is 78.5 Å². The van der Waals surface area contributed by atoms with E-state index >= 15 is 0 Å². The van der Waals surface area contributed by atoms with Crippen LogP contribution < -0.4 is 15.0 Å². The number of amides is 1. The molecule has 0 aliphatic carbocycles. The van der Waals surface area contributed by atoms with Crippen LogP contribution in [0, 0.1) is 18.3 Å². The Morgan fingerprint density at radius 3 is 2.62 bits per heavy atom. The number of anilines is 1. The molecule has 0 saturated carbocycles. The predicted molar refractivity (Wildman–Crippen MR) is 150 cm³/mol. The van der Waals surface area contributed by atoms with Crippen LogP contribution >= 0.6 is 11.3 Å². The number of methoxy groups -OCH3 is 1. The summed E-state index contributed by atoms with van der Waals surface area (Å²) in [6, 6.07) is 9.34. The molecule has 2 unspecified atom stereocenters. The zero-order chi connectivity index (χ0) is 29.6. The quantitative estimate of drug-likeness (QED) is 0.185. The van der Waals surface area contributed by atoms with Crippen LogP contribution in [0.1, 0.15) is 71.4 Å². The Morgan fingerprint density at radius 1 is 1.30 bits per heavy atom. The number of thiophene rings is 1. The lowest BCUT2D eigenvalue weighted by atomic mass is 9.96. The molecule has 1 aliphatic rings. The highest BCUT2D eigenvalue weighted by Crippen LogP contribution is 2.45. The Bertz CT molecular complexity index is 1240. The van der Waals surface area contributed by atoms with E-state index in [1.54, 1.807) is 38.7 Å². The third-order valence-electron chi connectivity index (χ3n) is 6.86. The molecule has 40 heavy (non-hydrogen) atoms. The fraction of sp³-hybridized carbons (Fsp3) is 0.536. The van der Waals surface area contributed by atoms with E-state index in [-0.39, 0.29) is 36.6 Å². The molecule has 2 heterocycles. The fourth-order valence-corrected chi connectivity index (χ4v) is 5.94. The Kier molecular flexibility index (Phi) is 10.5. The summed E-state index contributed by atoms with van der Waals surface area (Å²) in [6.45, 7) is 9.26. The Morgan fingerprint density at radius 2 is 2.00 bits per heavy atom. The average molecular weight is 575 g/mol. The zero-order valence-corrected chi connectivity index (χ0v) is 24.6. The van der Waals surface area contributed by atoms with E-state index in [0.717, 1.165) is 11.3 Å². The van der Waals surface area contributed by atoms with Crippen molar-refractivity contribution in [2.24, 2.45) is 0 Å². The summed E-state index contributed by atoms with van der Waals surface area (Å²) in [5.41, 5.74) is 0.0953. The number of carbonyl (C=O) groups excluding carboxylic acids is 2. The molecule has 1 aromatic carbocycles. The summed E-state index contributed by atoms with van der Waals surface area (Å²) in [4.78, 5) is 29.8. The van der Waals surface area contributed by atoms with Crippen molar-refractivity contribution < 1.29 is 34.0 Å². The summed E-state index contributed by atoms with van der Waals surface area (Å²) >= 11 is 1.06. The third-order valence-corrected chi connectivity index (χ3v) is 8.17. The van der Waals surface area contributed by atoms with Gasteiger partial charge in [-0.3, -0.25) is 15.0 Å². The monoisotopic (exact) mass is 574 g/mol. The van der Waals surface area contributed by atoms with Gasteiger partial charge in [-0.25, -0.2) is 4.79 Å². The van der Waals surface area contributed by atoms with E-state index in [4.69, 9.17) is 19.5 Å². The SMILES string of the molecule is CCNC(O)C(C)(C)N1C(=O)c2c(sc(C(=O)OCC)c2C)N(C[C@H](OCCC#N)c2ccccc2OC)C1O. The molecule has 0 fully saturated rings. The lowest BCUT2D eigenvalue weighted by molar-refractivity contribution is -0.0935. The average Bonchev–Trinajstić information content (AvgIpc) is 3.27. The number of fused-ring (bicyclic) bond motifs is 1. The minimum absolute atomic E-state index is 0.0410. The molecule has 1 aliphatic heterocycles. The van der Waals surface area contributed by atoms with E-state index in [9.17, 15) is 19.8 Å². The van der Waals surface area contributed by atoms with Crippen LogP contribution in [0.15, 0.2) is 24.3 Å². The number of para-hydroxylation sites is 1. The fourth-order valence-electron chi connectivity index (χ4n) is 4.72. The summed E-state index contributed by atoms with van der Waals surface area (Å²) in [5, 5.41) is 35.1. The highest BCUT2D eigenvalue weighted by Gasteiger charge is 2.49. The number of hydrogen-bond donors (Lipinski definition) is 3. The second-order valence-corrected chi connectivity index (χ2v) is 10.8. The molecule has 0 spiro atoms. The summed E-state index contributed by atoms with van der Waals surface area (Å²) in [5.74, 6) is -0.530. The first kappa shape index (κ1) is 31.3. The first-order chi connectivity index (χ1) is 19.0. The largest absolute Gasteiger partial charge is 0.496 e. The molecule has 3 rings (SSSR count). The molecule has 11 nitrogen and oxygen atoms in total. The van der Waals surface area contributed by atoms with Gasteiger partial charge in [0.05, 0.1) is 50.5 Å². The lowest BCUT2D eigenvalue weighted by Gasteiger charge is -2.50. The number of hydrogen-bond acceptors (Lipinski definition) is 11. The van der Waals surface area contributed by atoms with Crippen LogP contribution in [0.5, 0.6) is 5.75 Å². The number of nitrogens with one attached hydrogen (secondary N) is 1. The van der Waals surface area contributed by atoms with Crippen LogP contribution in [0.2, 0.25) is 0 Å². The van der Waals surface area contributed by atoms with Crippen molar-refractivity contribution in [3.63, 3.8) is 0 Å². The number of likely N-dealkylation sites (N-methyl/N-ethyl adjacent to an activating group) is 1. The van der Waals surface area contributed by atoms with Gasteiger partial charge in [-0.2, -0.15) is 5.26 Å². The Hall–Kier alpha value is -3.21. The topological polar surface area (TPSA) is 145 Å². The molecule has 1 aromatic heterocycles. The van der Waals surface area contributed by atoms with E-state index < -0.39 is 36.1 Å². The first-order valence-electron chi connectivity index (χ1n) is 13.2. The third kappa shape index (κ3) is 6.09. The van der Waals surface area contributed by atoms with Crippen LogP contribution in [0.4, 0.5) is 5.00 Å². The molecule has 3 N–H and O–H groups in total. The molecular formula is C28H38N4O7S. The summed E-state index contributed by atoms with van der Waals surface area (Å²) < 4.78 is 16.9. The maximum absolute atomic E-state index is 14.0. The van der Waals surface area contributed by atoms with Crippen LogP contribution in [0.25, 0.3) is 0 Å². The van der Waals surface area contributed by atoms with Crippen molar-refractivity contribution in [2.45, 2.75) is 65.3 Å². The highest BCUT2D eigenvalue weighted by molar-refractivity contribution is 7.18. The molecule has 0 saturated heterocycles. The van der Waals surface area contributed by atoms with Gasteiger partial charge in [0.15, 0.2) is 0 Å². The number of rotatable bonds is 13. The Labute approximate surface area is 238 Å². The van der Waals surface area contributed by atoms with Gasteiger partial charge in [-0.1, -0.05) is 25.1 Å². The zero-order valence-electron chi connectivity index (χ0n) is 23.8. The molecule has 12 heteroatoms. The van der Waals surface area contributed by atoms with E-state index in [0.29, 0.717) is 28.4 Å². The molecular weight excluding hydrogens is 536 g/mol. The van der Waals surface area contributed by atoms with E-state index in [1.165, 1.54) is 12.0 Å². The number of nitrogens with zero attached hydrogens (tertiary/aromatic N) is 3. The van der Waals surface area contributed by atoms with Gasteiger partial charge in [0.2, 0.25) is 6.35 Å². The minimum atomic E-state index is -1.52. The van der Waals surface area contributed by atoms with Gasteiger partial charge >= 0.3 is 5.97 Å². The maximum atomic E-state index is 14.0. The molecule has 0 radical (unpaired) electrons. The molecule has 2 aromatic rings.